The maximum Gasteiger partial charge on any atom is 0.271 e. The van der Waals surface area contributed by atoms with Crippen molar-refractivity contribution < 1.29 is 9.53 Å². The van der Waals surface area contributed by atoms with E-state index in [0.29, 0.717) is 12.2 Å². The number of amides is 1. The fourth-order valence-corrected chi connectivity index (χ4v) is 3.83. The molecule has 0 spiro atoms. The van der Waals surface area contributed by atoms with Crippen molar-refractivity contribution in [1.29, 1.82) is 0 Å². The number of ether oxygens (including phenoxy) is 1. The predicted molar refractivity (Wildman–Crippen MR) is 116 cm³/mol. The van der Waals surface area contributed by atoms with Crippen LogP contribution in [0.4, 0.5) is 5.69 Å². The second-order valence-electron chi connectivity index (χ2n) is 7.92. The van der Waals surface area contributed by atoms with Gasteiger partial charge in [0.05, 0.1) is 0 Å². The van der Waals surface area contributed by atoms with Gasteiger partial charge in [0, 0.05) is 68.5 Å². The summed E-state index contributed by atoms with van der Waals surface area (Å²) in [5, 5.41) is 6.65. The molecule has 0 aliphatic carbocycles. The quantitative estimate of drug-likeness (QED) is 0.695. The van der Waals surface area contributed by atoms with Gasteiger partial charge in [0.1, 0.15) is 17.2 Å². The van der Waals surface area contributed by atoms with Gasteiger partial charge in [-0.3, -0.25) is 14.9 Å². The third-order valence-electron chi connectivity index (χ3n) is 5.39. The minimum atomic E-state index is -0.0118. The van der Waals surface area contributed by atoms with Crippen LogP contribution in [-0.4, -0.2) is 53.2 Å². The van der Waals surface area contributed by atoms with Crippen molar-refractivity contribution in [1.82, 2.24) is 20.1 Å². The van der Waals surface area contributed by atoms with E-state index in [-0.39, 0.29) is 11.8 Å². The summed E-state index contributed by atoms with van der Waals surface area (Å²) in [6, 6.07) is 13.7. The summed E-state index contributed by atoms with van der Waals surface area (Å²) in [5.74, 6) is 1.73. The number of nitrogens with one attached hydrogen (secondary N) is 1. The minimum absolute atomic E-state index is 0.0118. The molecule has 4 rings (SSSR count). The maximum absolute atomic E-state index is 12.7. The molecule has 30 heavy (non-hydrogen) atoms. The van der Waals surface area contributed by atoms with Gasteiger partial charge in [0.25, 0.3) is 5.91 Å². The molecule has 0 bridgehead atoms. The number of aromatic amines is 1. The van der Waals surface area contributed by atoms with Gasteiger partial charge in [-0.2, -0.15) is 5.10 Å². The summed E-state index contributed by atoms with van der Waals surface area (Å²) < 4.78 is 6.11. The van der Waals surface area contributed by atoms with E-state index in [4.69, 9.17) is 9.72 Å². The Bertz CT molecular complexity index is 999. The second-order valence-corrected chi connectivity index (χ2v) is 7.92. The van der Waals surface area contributed by atoms with E-state index in [9.17, 15) is 4.79 Å². The zero-order chi connectivity index (χ0) is 21.1. The number of anilines is 1. The highest BCUT2D eigenvalue weighted by atomic mass is 16.5. The van der Waals surface area contributed by atoms with Gasteiger partial charge in [0.2, 0.25) is 0 Å². The SMILES string of the molecule is Cc1cc(Oc2ccc(N(C)C)cc2)cc([C@@H]2CCCN(C(=O)c3ccn[nH]3)C2)n1. The molecule has 1 atom stereocenters. The summed E-state index contributed by atoms with van der Waals surface area (Å²) in [6.45, 7) is 3.37. The van der Waals surface area contributed by atoms with Gasteiger partial charge < -0.3 is 14.5 Å². The van der Waals surface area contributed by atoms with E-state index >= 15 is 0 Å². The molecule has 3 heterocycles. The van der Waals surface area contributed by atoms with Crippen LogP contribution in [0, 0.1) is 6.92 Å². The fraction of sp³-hybridized carbons (Fsp3) is 0.348. The molecule has 2 aromatic heterocycles. The highest BCUT2D eigenvalue weighted by molar-refractivity contribution is 5.92. The van der Waals surface area contributed by atoms with Crippen molar-refractivity contribution >= 4 is 11.6 Å². The topological polar surface area (TPSA) is 74.3 Å². The van der Waals surface area contributed by atoms with Gasteiger partial charge in [-0.15, -0.1) is 0 Å². The largest absolute Gasteiger partial charge is 0.457 e. The lowest BCUT2D eigenvalue weighted by Crippen LogP contribution is -2.39. The van der Waals surface area contributed by atoms with Crippen LogP contribution in [0.25, 0.3) is 0 Å². The van der Waals surface area contributed by atoms with Gasteiger partial charge in [0.15, 0.2) is 0 Å². The second kappa shape index (κ2) is 8.57. The first-order valence-electron chi connectivity index (χ1n) is 10.2. The third-order valence-corrected chi connectivity index (χ3v) is 5.39. The summed E-state index contributed by atoms with van der Waals surface area (Å²) in [6.07, 6.45) is 3.55. The molecular weight excluding hydrogens is 378 g/mol. The summed E-state index contributed by atoms with van der Waals surface area (Å²) in [5.41, 5.74) is 3.53. The van der Waals surface area contributed by atoms with Crippen LogP contribution < -0.4 is 9.64 Å². The maximum atomic E-state index is 12.7. The number of piperidine rings is 1. The molecule has 1 aliphatic rings. The first-order chi connectivity index (χ1) is 14.5. The number of rotatable bonds is 5. The molecule has 0 radical (unpaired) electrons. The molecule has 7 nitrogen and oxygen atoms in total. The van der Waals surface area contributed by atoms with Crippen molar-refractivity contribution in [2.75, 3.05) is 32.1 Å². The first-order valence-corrected chi connectivity index (χ1v) is 10.2. The van der Waals surface area contributed by atoms with Crippen LogP contribution in [0.15, 0.2) is 48.7 Å². The van der Waals surface area contributed by atoms with Crippen LogP contribution in [0.5, 0.6) is 11.5 Å². The average molecular weight is 406 g/mol. The normalized spacial score (nSPS) is 16.4. The Morgan fingerprint density at radius 1 is 1.17 bits per heavy atom. The number of carbonyl (C=O) groups is 1. The van der Waals surface area contributed by atoms with Crippen LogP contribution in [-0.2, 0) is 0 Å². The van der Waals surface area contributed by atoms with Crippen LogP contribution in [0.1, 0.15) is 40.6 Å². The first kappa shape index (κ1) is 19.9. The number of hydrogen-bond donors (Lipinski definition) is 1. The monoisotopic (exact) mass is 405 g/mol. The summed E-state index contributed by atoms with van der Waals surface area (Å²) in [7, 11) is 4.03. The lowest BCUT2D eigenvalue weighted by molar-refractivity contribution is 0.0700. The van der Waals surface area contributed by atoms with Gasteiger partial charge in [-0.05, 0) is 50.1 Å². The molecule has 1 saturated heterocycles. The molecule has 1 amide bonds. The molecule has 3 aromatic rings. The molecule has 1 N–H and O–H groups in total. The van der Waals surface area contributed by atoms with Gasteiger partial charge in [-0.1, -0.05) is 0 Å². The molecular formula is C23H27N5O2. The van der Waals surface area contributed by atoms with Crippen LogP contribution >= 0.6 is 0 Å². The Balaban J connectivity index is 1.50. The molecule has 0 unspecified atom stereocenters. The minimum Gasteiger partial charge on any atom is -0.457 e. The Morgan fingerprint density at radius 2 is 1.97 bits per heavy atom. The van der Waals surface area contributed by atoms with E-state index in [1.54, 1.807) is 12.3 Å². The fourth-order valence-electron chi connectivity index (χ4n) is 3.83. The van der Waals surface area contributed by atoms with Crippen molar-refractivity contribution in [2.45, 2.75) is 25.7 Å². The lowest BCUT2D eigenvalue weighted by Gasteiger charge is -2.32. The number of nitrogens with zero attached hydrogens (tertiary/aromatic N) is 4. The summed E-state index contributed by atoms with van der Waals surface area (Å²) in [4.78, 5) is 21.4. The lowest BCUT2D eigenvalue weighted by atomic mass is 9.93. The van der Waals surface area contributed by atoms with E-state index in [2.05, 4.69) is 15.1 Å². The molecule has 0 saturated carbocycles. The summed E-state index contributed by atoms with van der Waals surface area (Å²) >= 11 is 0. The number of aryl methyl sites for hydroxylation is 1. The van der Waals surface area contributed by atoms with Crippen LogP contribution in [0.3, 0.4) is 0 Å². The Kier molecular flexibility index (Phi) is 5.70. The van der Waals surface area contributed by atoms with Gasteiger partial charge in [-0.25, -0.2) is 0 Å². The highest BCUT2D eigenvalue weighted by Gasteiger charge is 2.27. The molecule has 1 aromatic carbocycles. The molecule has 7 heteroatoms. The van der Waals surface area contributed by atoms with Crippen LogP contribution in [0.2, 0.25) is 0 Å². The molecule has 1 fully saturated rings. The Morgan fingerprint density at radius 3 is 2.67 bits per heavy atom. The van der Waals surface area contributed by atoms with Crippen molar-refractivity contribution in [2.24, 2.45) is 0 Å². The van der Waals surface area contributed by atoms with Crippen molar-refractivity contribution in [3.63, 3.8) is 0 Å². The molecule has 156 valence electrons. The van der Waals surface area contributed by atoms with Crippen molar-refractivity contribution in [3.05, 3.63) is 65.7 Å². The number of pyridine rings is 1. The number of carbonyl (C=O) groups excluding carboxylic acids is 1. The number of H-pyrrole nitrogens is 1. The average Bonchev–Trinajstić information content (AvgIpc) is 3.28. The van der Waals surface area contributed by atoms with E-state index in [1.807, 2.05) is 62.3 Å². The number of likely N-dealkylation sites (tertiary alicyclic amines) is 1. The predicted octanol–water partition coefficient (Wildman–Crippen LogP) is 3.99. The van der Waals surface area contributed by atoms with E-state index < -0.39 is 0 Å². The number of hydrogen-bond acceptors (Lipinski definition) is 5. The zero-order valence-electron chi connectivity index (χ0n) is 17.6. The highest BCUT2D eigenvalue weighted by Crippen LogP contribution is 2.31. The van der Waals surface area contributed by atoms with Crippen molar-refractivity contribution in [3.8, 4) is 11.5 Å². The standard InChI is InChI=1S/C23H27N5O2/c1-16-13-20(30-19-8-6-18(7-9-19)27(2)3)14-22(25-16)17-5-4-12-28(15-17)23(29)21-10-11-24-26-21/h6-11,13-14,17H,4-5,12,15H2,1-3H3,(H,24,26)/t17-/m1/s1. The Hall–Kier alpha value is -3.35. The van der Waals surface area contributed by atoms with Gasteiger partial charge >= 0.3 is 0 Å². The molecule has 1 aliphatic heterocycles. The zero-order valence-corrected chi connectivity index (χ0v) is 17.6. The third kappa shape index (κ3) is 4.45. The smallest absolute Gasteiger partial charge is 0.271 e. The van der Waals surface area contributed by atoms with E-state index in [0.717, 1.165) is 48.0 Å². The number of aromatic nitrogens is 3. The Labute approximate surface area is 176 Å². The number of benzene rings is 1. The van der Waals surface area contributed by atoms with E-state index in [1.165, 1.54) is 0 Å².